The Morgan fingerprint density at radius 1 is 1.13 bits per heavy atom. The van der Waals surface area contributed by atoms with Crippen LogP contribution in [0.2, 0.25) is 0 Å². The summed E-state index contributed by atoms with van der Waals surface area (Å²) >= 11 is 0. The summed E-state index contributed by atoms with van der Waals surface area (Å²) in [6.07, 6.45) is 2.73. The number of piperidine rings is 1. The molecule has 1 fully saturated rings. The molecule has 8 nitrogen and oxygen atoms in total. The van der Waals surface area contributed by atoms with Gasteiger partial charge in [0.15, 0.2) is 11.5 Å². The number of hydrogen-bond donors (Lipinski definition) is 2. The lowest BCUT2D eigenvalue weighted by Crippen LogP contribution is -2.46. The first kappa shape index (κ1) is 25.7. The number of aromatic nitrogens is 4. The minimum Gasteiger partial charge on any atom is -0.507 e. The van der Waals surface area contributed by atoms with E-state index in [0.717, 1.165) is 16.7 Å². The number of aryl methyl sites for hydroxylation is 1. The van der Waals surface area contributed by atoms with Crippen LogP contribution in [-0.4, -0.2) is 36.8 Å². The van der Waals surface area contributed by atoms with Crippen molar-refractivity contribution >= 4 is 11.2 Å². The molecule has 4 heterocycles. The summed E-state index contributed by atoms with van der Waals surface area (Å²) in [7, 11) is 0. The lowest BCUT2D eigenvalue weighted by Gasteiger charge is -2.30. The Labute approximate surface area is 217 Å². The summed E-state index contributed by atoms with van der Waals surface area (Å²) in [5.74, 6) is -2.41. The standard InChI is InChI=1S/C28H29F2N5O3/c1-14(2)23-25(15(3)8-10-32-23)35-26-20(34(27(37)28(35)38)17-9-11-31-16(4)12-17)13-19(30)24(33-26)22-18(29)6-5-7-21(22)36/h5-8,10,13-14,16-17,31,36H,9,11-12H2,1-4H3/t16-,17?/m0/s1. The fraction of sp³-hybridized carbons (Fsp3) is 0.357. The quantitative estimate of drug-likeness (QED) is 0.388. The molecule has 0 bridgehead atoms. The van der Waals surface area contributed by atoms with Crippen LogP contribution in [0.1, 0.15) is 56.8 Å². The molecule has 3 aromatic heterocycles. The monoisotopic (exact) mass is 521 g/mol. The SMILES string of the molecule is Cc1ccnc(C(C)C)c1-n1c(=O)c(=O)n(C2CCN[C@@H](C)C2)c2cc(F)c(-c3c(O)cccc3F)nc21. The van der Waals surface area contributed by atoms with E-state index in [9.17, 15) is 19.1 Å². The molecule has 2 N–H and O–H groups in total. The van der Waals surface area contributed by atoms with Crippen molar-refractivity contribution in [3.05, 3.63) is 80.1 Å². The zero-order valence-electron chi connectivity index (χ0n) is 21.6. The molecule has 0 radical (unpaired) electrons. The van der Waals surface area contributed by atoms with Crippen molar-refractivity contribution in [2.45, 2.75) is 58.5 Å². The molecule has 1 saturated heterocycles. The Morgan fingerprint density at radius 2 is 1.89 bits per heavy atom. The average molecular weight is 522 g/mol. The van der Waals surface area contributed by atoms with Crippen LogP contribution in [0.5, 0.6) is 5.75 Å². The number of benzene rings is 1. The summed E-state index contributed by atoms with van der Waals surface area (Å²) < 4.78 is 33.0. The topological polar surface area (TPSA) is 102 Å². The van der Waals surface area contributed by atoms with Crippen molar-refractivity contribution in [2.24, 2.45) is 0 Å². The number of nitrogens with one attached hydrogen (secondary N) is 1. The number of phenolic OH excluding ortho intramolecular Hbond substituents is 1. The molecule has 198 valence electrons. The second kappa shape index (κ2) is 9.75. The third kappa shape index (κ3) is 4.18. The lowest BCUT2D eigenvalue weighted by atomic mass is 9.99. The highest BCUT2D eigenvalue weighted by Crippen LogP contribution is 2.35. The van der Waals surface area contributed by atoms with E-state index in [1.54, 1.807) is 19.2 Å². The number of halogens is 2. The summed E-state index contributed by atoms with van der Waals surface area (Å²) in [6, 6.07) is 6.16. The predicted octanol–water partition coefficient (Wildman–Crippen LogP) is 4.34. The van der Waals surface area contributed by atoms with Gasteiger partial charge in [-0.25, -0.2) is 13.8 Å². The van der Waals surface area contributed by atoms with E-state index in [4.69, 9.17) is 0 Å². The van der Waals surface area contributed by atoms with Gasteiger partial charge in [0.05, 0.1) is 22.5 Å². The van der Waals surface area contributed by atoms with E-state index < -0.39 is 39.8 Å². The number of pyridine rings is 2. The van der Waals surface area contributed by atoms with E-state index in [2.05, 4.69) is 15.3 Å². The molecule has 1 aromatic carbocycles. The number of phenols is 1. The Hall–Kier alpha value is -3.92. The van der Waals surface area contributed by atoms with E-state index >= 15 is 4.39 Å². The van der Waals surface area contributed by atoms with Crippen LogP contribution < -0.4 is 16.4 Å². The van der Waals surface area contributed by atoms with Crippen LogP contribution in [-0.2, 0) is 0 Å². The van der Waals surface area contributed by atoms with Crippen molar-refractivity contribution in [3.8, 4) is 22.7 Å². The Morgan fingerprint density at radius 3 is 2.58 bits per heavy atom. The van der Waals surface area contributed by atoms with Gasteiger partial charge in [-0.2, -0.15) is 0 Å². The maximum atomic E-state index is 15.7. The third-order valence-corrected chi connectivity index (χ3v) is 7.13. The molecule has 1 aliphatic heterocycles. The van der Waals surface area contributed by atoms with Crippen LogP contribution >= 0.6 is 0 Å². The lowest BCUT2D eigenvalue weighted by molar-refractivity contribution is 0.312. The van der Waals surface area contributed by atoms with E-state index in [1.165, 1.54) is 16.7 Å². The smallest absolute Gasteiger partial charge is 0.322 e. The molecule has 0 saturated carbocycles. The minimum absolute atomic E-state index is 0.0159. The van der Waals surface area contributed by atoms with E-state index in [-0.39, 0.29) is 29.2 Å². The molecule has 1 unspecified atom stereocenters. The van der Waals surface area contributed by atoms with Gasteiger partial charge in [-0.1, -0.05) is 19.9 Å². The Balaban J connectivity index is 1.96. The van der Waals surface area contributed by atoms with Gasteiger partial charge < -0.3 is 10.4 Å². The van der Waals surface area contributed by atoms with Crippen molar-refractivity contribution in [1.29, 1.82) is 0 Å². The highest BCUT2D eigenvalue weighted by atomic mass is 19.1. The first-order valence-corrected chi connectivity index (χ1v) is 12.6. The van der Waals surface area contributed by atoms with Gasteiger partial charge in [-0.3, -0.25) is 23.7 Å². The predicted molar refractivity (Wildman–Crippen MR) is 141 cm³/mol. The number of nitrogens with zero attached hydrogens (tertiary/aromatic N) is 4. The third-order valence-electron chi connectivity index (χ3n) is 7.13. The molecule has 0 spiro atoms. The van der Waals surface area contributed by atoms with E-state index in [1.807, 2.05) is 20.8 Å². The second-order valence-electron chi connectivity index (χ2n) is 10.2. The molecule has 38 heavy (non-hydrogen) atoms. The van der Waals surface area contributed by atoms with Gasteiger partial charge in [0.1, 0.15) is 17.3 Å². The number of hydrogen-bond acceptors (Lipinski definition) is 6. The zero-order valence-corrected chi connectivity index (χ0v) is 21.6. The van der Waals surface area contributed by atoms with E-state index in [0.29, 0.717) is 36.3 Å². The van der Waals surface area contributed by atoms with Gasteiger partial charge in [-0.15, -0.1) is 0 Å². The first-order chi connectivity index (χ1) is 18.1. The molecule has 4 aromatic rings. The molecular weight excluding hydrogens is 492 g/mol. The number of fused-ring (bicyclic) bond motifs is 1. The van der Waals surface area contributed by atoms with Crippen molar-refractivity contribution < 1.29 is 13.9 Å². The van der Waals surface area contributed by atoms with Gasteiger partial charge in [0.2, 0.25) is 0 Å². The Bertz CT molecular complexity index is 1660. The summed E-state index contributed by atoms with van der Waals surface area (Å²) in [5, 5.41) is 13.7. The summed E-state index contributed by atoms with van der Waals surface area (Å²) in [4.78, 5) is 36.4. The van der Waals surface area contributed by atoms with Crippen molar-refractivity contribution in [2.75, 3.05) is 6.54 Å². The van der Waals surface area contributed by atoms with Crippen LogP contribution in [0.25, 0.3) is 28.1 Å². The van der Waals surface area contributed by atoms with Gasteiger partial charge >= 0.3 is 11.1 Å². The number of rotatable bonds is 4. The maximum absolute atomic E-state index is 15.7. The van der Waals surface area contributed by atoms with Gasteiger partial charge in [0.25, 0.3) is 0 Å². The molecule has 10 heteroatoms. The summed E-state index contributed by atoms with van der Waals surface area (Å²) in [5.41, 5.74) is -0.834. The van der Waals surface area contributed by atoms with Crippen LogP contribution in [0, 0.1) is 18.6 Å². The highest BCUT2D eigenvalue weighted by Gasteiger charge is 2.29. The molecule has 0 aliphatic carbocycles. The average Bonchev–Trinajstić information content (AvgIpc) is 2.86. The maximum Gasteiger partial charge on any atom is 0.322 e. The van der Waals surface area contributed by atoms with Crippen LogP contribution in [0.3, 0.4) is 0 Å². The van der Waals surface area contributed by atoms with Crippen molar-refractivity contribution in [3.63, 3.8) is 0 Å². The molecule has 0 amide bonds. The minimum atomic E-state index is -0.926. The van der Waals surface area contributed by atoms with Crippen molar-refractivity contribution in [1.82, 2.24) is 24.4 Å². The van der Waals surface area contributed by atoms with Gasteiger partial charge in [0, 0.05) is 24.3 Å². The normalized spacial score (nSPS) is 17.9. The highest BCUT2D eigenvalue weighted by molar-refractivity contribution is 5.80. The van der Waals surface area contributed by atoms with Gasteiger partial charge in [-0.05, 0) is 62.9 Å². The molecule has 2 atom stereocenters. The van der Waals surface area contributed by atoms with Crippen LogP contribution in [0.15, 0.2) is 46.1 Å². The fourth-order valence-electron chi connectivity index (χ4n) is 5.33. The Kier molecular flexibility index (Phi) is 6.60. The largest absolute Gasteiger partial charge is 0.507 e. The molecular formula is C28H29F2N5O3. The van der Waals surface area contributed by atoms with Crippen LogP contribution in [0.4, 0.5) is 8.78 Å². The first-order valence-electron chi connectivity index (χ1n) is 12.6. The number of aromatic hydroxyl groups is 1. The summed E-state index contributed by atoms with van der Waals surface area (Å²) in [6.45, 7) is 8.21. The fourth-order valence-corrected chi connectivity index (χ4v) is 5.33. The molecule has 1 aliphatic rings. The molecule has 5 rings (SSSR count). The second-order valence-corrected chi connectivity index (χ2v) is 10.2. The zero-order chi connectivity index (χ0) is 27.3.